The van der Waals surface area contributed by atoms with Gasteiger partial charge in [-0.1, -0.05) is 146 Å². The van der Waals surface area contributed by atoms with Gasteiger partial charge in [0.05, 0.1) is 19.3 Å². The lowest BCUT2D eigenvalue weighted by atomic mass is 10.0. The second-order valence-corrected chi connectivity index (χ2v) is 15.0. The number of esters is 2. The largest absolute Gasteiger partial charge is 0.480 e. The van der Waals surface area contributed by atoms with Gasteiger partial charge >= 0.3 is 25.7 Å². The number of phosphoric ester groups is 1. The van der Waals surface area contributed by atoms with Crippen molar-refractivity contribution in [1.29, 1.82) is 0 Å². The van der Waals surface area contributed by atoms with Gasteiger partial charge in [0, 0.05) is 12.8 Å². The molecule has 0 spiro atoms. The van der Waals surface area contributed by atoms with Gasteiger partial charge in [0.1, 0.15) is 12.6 Å². The molecule has 0 saturated heterocycles. The summed E-state index contributed by atoms with van der Waals surface area (Å²) in [6, 6.07) is -1.53. The van der Waals surface area contributed by atoms with Gasteiger partial charge in [-0.3, -0.25) is 23.4 Å². The van der Waals surface area contributed by atoms with E-state index in [9.17, 15) is 28.9 Å². The number of carbonyl (C=O) groups excluding carboxylic acids is 2. The van der Waals surface area contributed by atoms with E-state index < -0.39 is 51.1 Å². The molecule has 0 heterocycles. The summed E-state index contributed by atoms with van der Waals surface area (Å²) in [5.74, 6) is -2.48. The minimum atomic E-state index is -4.73. The van der Waals surface area contributed by atoms with Crippen LogP contribution in [0.4, 0.5) is 0 Å². The normalized spacial score (nSPS) is 14.9. The molecule has 13 heteroatoms. The number of aliphatic carboxylic acids is 1. The molecule has 54 heavy (non-hydrogen) atoms. The zero-order chi connectivity index (χ0) is 40.1. The molecule has 0 fully saturated rings. The van der Waals surface area contributed by atoms with Crippen LogP contribution >= 0.6 is 7.82 Å². The van der Waals surface area contributed by atoms with Crippen LogP contribution in [0.5, 0.6) is 0 Å². The van der Waals surface area contributed by atoms with Gasteiger partial charge in [-0.2, -0.15) is 0 Å². The van der Waals surface area contributed by atoms with Gasteiger partial charge in [0.25, 0.3) is 0 Å². The molecule has 0 aliphatic rings. The zero-order valence-electron chi connectivity index (χ0n) is 33.2. The van der Waals surface area contributed by atoms with Crippen molar-refractivity contribution in [3.63, 3.8) is 0 Å². The van der Waals surface area contributed by atoms with Gasteiger partial charge < -0.3 is 30.3 Å². The summed E-state index contributed by atoms with van der Waals surface area (Å²) in [6.07, 6.45) is 35.2. The first-order valence-electron chi connectivity index (χ1n) is 20.3. The first-order valence-corrected chi connectivity index (χ1v) is 21.7. The molecule has 0 bridgehead atoms. The number of unbranched alkanes of at least 4 members (excludes halogenated alkanes) is 13. The molecule has 0 amide bonds. The molecule has 312 valence electrons. The van der Waals surface area contributed by atoms with E-state index in [4.69, 9.17) is 24.8 Å². The number of hydrogen-bond donors (Lipinski definition) is 4. The average molecular weight is 786 g/mol. The molecule has 0 aromatic carbocycles. The van der Waals surface area contributed by atoms with E-state index in [0.717, 1.165) is 57.8 Å². The number of aliphatic hydroxyl groups is 1. The Morgan fingerprint density at radius 1 is 0.648 bits per heavy atom. The summed E-state index contributed by atoms with van der Waals surface area (Å²) in [5.41, 5.74) is 5.31. The topological polar surface area (TPSA) is 192 Å². The molecule has 0 rings (SSSR count). The smallest absolute Gasteiger partial charge is 0.472 e. The Labute approximate surface area is 325 Å². The highest BCUT2D eigenvalue weighted by Crippen LogP contribution is 2.43. The maximum Gasteiger partial charge on any atom is 0.472 e. The van der Waals surface area contributed by atoms with Crippen LogP contribution in [0.2, 0.25) is 0 Å². The fourth-order valence-corrected chi connectivity index (χ4v) is 5.91. The Morgan fingerprint density at radius 2 is 1.15 bits per heavy atom. The summed E-state index contributed by atoms with van der Waals surface area (Å²) in [5, 5.41) is 18.7. The first-order chi connectivity index (χ1) is 26.0. The van der Waals surface area contributed by atoms with E-state index in [1.807, 2.05) is 24.3 Å². The highest BCUT2D eigenvalue weighted by molar-refractivity contribution is 7.47. The highest BCUT2D eigenvalue weighted by Gasteiger charge is 2.28. The van der Waals surface area contributed by atoms with Crippen molar-refractivity contribution >= 4 is 25.7 Å². The number of nitrogens with two attached hydrogens (primary N) is 1. The summed E-state index contributed by atoms with van der Waals surface area (Å²) < 4.78 is 32.5. The van der Waals surface area contributed by atoms with E-state index >= 15 is 0 Å². The van der Waals surface area contributed by atoms with Crippen LogP contribution in [0.1, 0.15) is 155 Å². The molecule has 5 N–H and O–H groups in total. The van der Waals surface area contributed by atoms with Crippen molar-refractivity contribution in [1.82, 2.24) is 0 Å². The van der Waals surface area contributed by atoms with Crippen molar-refractivity contribution < 1.29 is 52.6 Å². The Hall–Kier alpha value is -2.60. The molecule has 0 aromatic heterocycles. The van der Waals surface area contributed by atoms with Crippen molar-refractivity contribution in [2.75, 3.05) is 19.8 Å². The summed E-state index contributed by atoms with van der Waals surface area (Å²) in [6.45, 7) is 2.56. The van der Waals surface area contributed by atoms with Crippen LogP contribution in [-0.2, 0) is 37.5 Å². The first kappa shape index (κ1) is 51.4. The van der Waals surface area contributed by atoms with Gasteiger partial charge in [-0.25, -0.2) is 4.57 Å². The number of allylic oxidation sites excluding steroid dienone is 7. The van der Waals surface area contributed by atoms with Crippen molar-refractivity contribution in [2.24, 2.45) is 5.73 Å². The number of hydrogen-bond acceptors (Lipinski definition) is 10. The maximum atomic E-state index is 12.6. The standard InChI is InChI=1S/C41H72NO11P/c1-3-5-7-8-9-10-11-15-19-22-25-28-32-40(45)53-37(34-51-54(48,49)52-35-38(42)41(46)47)33-50-39(44)31-27-24-21-18-16-13-12-14-17-20-23-26-30-36(43)29-6-4-2/h12-13,17-18,20-21,26,30,36-38,43H,3-11,14-16,19,22-25,27-29,31-35,42H2,1-2H3,(H,46,47)(H,48,49)/b13-12-,20-17-,21-18-,30-26-/t36-,37+,38-/m0/s1. The van der Waals surface area contributed by atoms with Crippen LogP contribution in [0, 0.1) is 0 Å². The molecular weight excluding hydrogens is 713 g/mol. The van der Waals surface area contributed by atoms with Crippen molar-refractivity contribution in [3.8, 4) is 0 Å². The minimum absolute atomic E-state index is 0.129. The molecule has 12 nitrogen and oxygen atoms in total. The molecule has 0 aromatic rings. The molecule has 0 radical (unpaired) electrons. The van der Waals surface area contributed by atoms with Gasteiger partial charge in [-0.15, -0.1) is 0 Å². The molecule has 4 atom stereocenters. The van der Waals surface area contributed by atoms with Crippen molar-refractivity contribution in [2.45, 2.75) is 173 Å². The molecular formula is C41H72NO11P. The summed E-state index contributed by atoms with van der Waals surface area (Å²) in [7, 11) is -4.73. The zero-order valence-corrected chi connectivity index (χ0v) is 34.1. The quantitative estimate of drug-likeness (QED) is 0.0202. The molecule has 1 unspecified atom stereocenters. The van der Waals surface area contributed by atoms with E-state index in [1.54, 1.807) is 0 Å². The number of phosphoric acid groups is 1. The van der Waals surface area contributed by atoms with Gasteiger partial charge in [0.15, 0.2) is 6.10 Å². The van der Waals surface area contributed by atoms with E-state index in [1.165, 1.54) is 51.4 Å². The summed E-state index contributed by atoms with van der Waals surface area (Å²) >= 11 is 0. The Bertz CT molecular complexity index is 1120. The fraction of sp³-hybridized carbons (Fsp3) is 0.732. The van der Waals surface area contributed by atoms with Crippen LogP contribution in [0.3, 0.4) is 0 Å². The highest BCUT2D eigenvalue weighted by atomic mass is 31.2. The molecule has 0 aliphatic carbocycles. The fourth-order valence-electron chi connectivity index (χ4n) is 5.13. The van der Waals surface area contributed by atoms with E-state index in [2.05, 4.69) is 42.7 Å². The molecule has 0 saturated carbocycles. The second-order valence-electron chi connectivity index (χ2n) is 13.6. The third-order valence-corrected chi connectivity index (χ3v) is 9.35. The monoisotopic (exact) mass is 785 g/mol. The minimum Gasteiger partial charge on any atom is -0.480 e. The number of rotatable bonds is 37. The van der Waals surface area contributed by atoms with Gasteiger partial charge in [0.2, 0.25) is 0 Å². The SMILES string of the molecule is CCCCCCCCCCCCCCC(=O)O[C@H](COC(=O)CCC/C=C\C/C=C\C/C=C\C/C=C\[C@@H](O)CCCC)COP(=O)(O)OC[C@H](N)C(=O)O. The number of carboxylic acids is 1. The van der Waals surface area contributed by atoms with Crippen LogP contribution in [-0.4, -0.2) is 71.1 Å². The third-order valence-electron chi connectivity index (χ3n) is 8.40. The van der Waals surface area contributed by atoms with Gasteiger partial charge in [-0.05, 0) is 44.9 Å². The lowest BCUT2D eigenvalue weighted by Gasteiger charge is -2.20. The van der Waals surface area contributed by atoms with Crippen molar-refractivity contribution in [3.05, 3.63) is 48.6 Å². The molecule has 0 aliphatic heterocycles. The lowest BCUT2D eigenvalue weighted by Crippen LogP contribution is -2.34. The van der Waals surface area contributed by atoms with Crippen LogP contribution in [0.25, 0.3) is 0 Å². The lowest BCUT2D eigenvalue weighted by molar-refractivity contribution is -0.161. The van der Waals surface area contributed by atoms with E-state index in [0.29, 0.717) is 19.3 Å². The Balaban J connectivity index is 4.52. The number of carbonyl (C=O) groups is 3. The van der Waals surface area contributed by atoms with E-state index in [-0.39, 0.29) is 25.6 Å². The van der Waals surface area contributed by atoms with Crippen LogP contribution < -0.4 is 5.73 Å². The van der Waals surface area contributed by atoms with Crippen LogP contribution in [0.15, 0.2) is 48.6 Å². The maximum absolute atomic E-state index is 12.6. The predicted octanol–water partition coefficient (Wildman–Crippen LogP) is 9.19. The average Bonchev–Trinajstić information content (AvgIpc) is 3.14. The number of aliphatic hydroxyl groups excluding tert-OH is 1. The summed E-state index contributed by atoms with van der Waals surface area (Å²) in [4.78, 5) is 45.8. The predicted molar refractivity (Wildman–Crippen MR) is 214 cm³/mol. The number of carboxylic acid groups (broad SMARTS) is 1. The number of ether oxygens (including phenoxy) is 2. The second kappa shape index (κ2) is 36.1. The Morgan fingerprint density at radius 3 is 1.72 bits per heavy atom. The Kier molecular flexibility index (Phi) is 34.3. The third kappa shape index (κ3) is 35.1.